The monoisotopic (exact) mass is 235 g/mol. The first-order valence-corrected chi connectivity index (χ1v) is 6.33. The van der Waals surface area contributed by atoms with Crippen LogP contribution in [0.25, 0.3) is 0 Å². The summed E-state index contributed by atoms with van der Waals surface area (Å²) in [5.74, 6) is -0.178. The average molecular weight is 235 g/mol. The highest BCUT2D eigenvalue weighted by Gasteiger charge is 2.03. The van der Waals surface area contributed by atoms with Crippen LogP contribution in [0.15, 0.2) is 29.6 Å². The average Bonchev–Trinajstić information content (AvgIpc) is 2.66. The Labute approximate surface area is 99.0 Å². The molecular formula is C13H14FNS. The summed E-state index contributed by atoms with van der Waals surface area (Å²) in [5, 5.41) is 3.16. The first kappa shape index (κ1) is 11.3. The van der Waals surface area contributed by atoms with Crippen LogP contribution in [-0.4, -0.2) is 4.98 Å². The molecule has 0 atom stereocenters. The van der Waals surface area contributed by atoms with Crippen LogP contribution in [0.2, 0.25) is 0 Å². The van der Waals surface area contributed by atoms with Crippen LogP contribution in [0.1, 0.15) is 29.6 Å². The Hall–Kier alpha value is -1.22. The number of hydrogen-bond acceptors (Lipinski definition) is 2. The van der Waals surface area contributed by atoms with Crippen molar-refractivity contribution < 1.29 is 4.39 Å². The number of nitrogens with zero attached hydrogens (tertiary/aromatic N) is 1. The van der Waals surface area contributed by atoms with E-state index in [1.54, 1.807) is 23.5 Å². The van der Waals surface area contributed by atoms with E-state index in [1.807, 2.05) is 6.07 Å². The fraction of sp³-hybridized carbons (Fsp3) is 0.308. The van der Waals surface area contributed by atoms with Gasteiger partial charge in [-0.15, -0.1) is 11.3 Å². The summed E-state index contributed by atoms with van der Waals surface area (Å²) in [7, 11) is 0. The molecule has 0 N–H and O–H groups in total. The van der Waals surface area contributed by atoms with E-state index in [1.165, 1.54) is 6.07 Å². The van der Waals surface area contributed by atoms with Gasteiger partial charge in [0.25, 0.3) is 0 Å². The Morgan fingerprint density at radius 1 is 1.38 bits per heavy atom. The largest absolute Gasteiger partial charge is 0.246 e. The van der Waals surface area contributed by atoms with Crippen molar-refractivity contribution in [2.75, 3.05) is 0 Å². The molecule has 0 aliphatic heterocycles. The second-order valence-corrected chi connectivity index (χ2v) is 4.73. The number of thiazole rings is 1. The summed E-state index contributed by atoms with van der Waals surface area (Å²) in [6.45, 7) is 2.14. The highest BCUT2D eigenvalue weighted by molar-refractivity contribution is 7.09. The smallest absolute Gasteiger partial charge is 0.123 e. The van der Waals surface area contributed by atoms with Crippen molar-refractivity contribution in [1.29, 1.82) is 0 Å². The first-order valence-electron chi connectivity index (χ1n) is 5.45. The number of benzene rings is 1. The van der Waals surface area contributed by atoms with Crippen molar-refractivity contribution in [2.24, 2.45) is 0 Å². The van der Waals surface area contributed by atoms with Gasteiger partial charge in [-0.3, -0.25) is 0 Å². The van der Waals surface area contributed by atoms with Crippen LogP contribution >= 0.6 is 11.3 Å². The Balaban J connectivity index is 2.08. The van der Waals surface area contributed by atoms with Crippen molar-refractivity contribution >= 4 is 11.3 Å². The minimum Gasteiger partial charge on any atom is -0.246 e. The maximum absolute atomic E-state index is 13.0. The fourth-order valence-electron chi connectivity index (χ4n) is 1.62. The quantitative estimate of drug-likeness (QED) is 0.785. The zero-order valence-corrected chi connectivity index (χ0v) is 10.1. The Kier molecular flexibility index (Phi) is 3.67. The maximum Gasteiger partial charge on any atom is 0.123 e. The molecule has 1 heterocycles. The molecule has 1 aromatic carbocycles. The zero-order chi connectivity index (χ0) is 11.4. The van der Waals surface area contributed by atoms with Crippen molar-refractivity contribution in [3.8, 4) is 0 Å². The molecular weight excluding hydrogens is 221 g/mol. The van der Waals surface area contributed by atoms with Crippen LogP contribution in [0.5, 0.6) is 0 Å². The topological polar surface area (TPSA) is 12.9 Å². The van der Waals surface area contributed by atoms with E-state index < -0.39 is 0 Å². The van der Waals surface area contributed by atoms with Gasteiger partial charge in [-0.25, -0.2) is 9.37 Å². The molecule has 0 radical (unpaired) electrons. The van der Waals surface area contributed by atoms with Gasteiger partial charge >= 0.3 is 0 Å². The fourth-order valence-corrected chi connectivity index (χ4v) is 2.49. The van der Waals surface area contributed by atoms with Gasteiger partial charge in [0.1, 0.15) is 5.82 Å². The molecule has 2 aromatic rings. The molecule has 0 aliphatic rings. The molecule has 0 saturated carbocycles. The Morgan fingerprint density at radius 2 is 2.25 bits per heavy atom. The van der Waals surface area contributed by atoms with Crippen LogP contribution in [0, 0.1) is 5.82 Å². The van der Waals surface area contributed by atoms with Crippen LogP contribution in [0.3, 0.4) is 0 Å². The molecule has 16 heavy (non-hydrogen) atoms. The van der Waals surface area contributed by atoms with E-state index in [9.17, 15) is 4.39 Å². The van der Waals surface area contributed by atoms with Crippen molar-refractivity contribution in [1.82, 2.24) is 4.98 Å². The van der Waals surface area contributed by atoms with Gasteiger partial charge in [0.15, 0.2) is 0 Å². The summed E-state index contributed by atoms with van der Waals surface area (Å²) in [4.78, 5) is 4.52. The molecule has 0 bridgehead atoms. The number of aromatic nitrogens is 1. The van der Waals surface area contributed by atoms with E-state index in [2.05, 4.69) is 17.3 Å². The number of hydrogen-bond donors (Lipinski definition) is 0. The number of rotatable bonds is 4. The molecule has 1 nitrogen and oxygen atoms in total. The lowest BCUT2D eigenvalue weighted by Gasteiger charge is -1.97. The molecule has 0 unspecified atom stereocenters. The predicted octanol–water partition coefficient (Wildman–Crippen LogP) is 3.83. The van der Waals surface area contributed by atoms with Crippen LogP contribution < -0.4 is 0 Å². The van der Waals surface area contributed by atoms with Crippen molar-refractivity contribution in [3.63, 3.8) is 0 Å². The molecule has 0 spiro atoms. The predicted molar refractivity (Wildman–Crippen MR) is 65.3 cm³/mol. The van der Waals surface area contributed by atoms with Gasteiger partial charge in [-0.2, -0.15) is 0 Å². The number of halogens is 1. The summed E-state index contributed by atoms with van der Waals surface area (Å²) in [5.41, 5.74) is 2.14. The Morgan fingerprint density at radius 3 is 3.00 bits per heavy atom. The summed E-state index contributed by atoms with van der Waals surface area (Å²) in [6.07, 6.45) is 2.87. The summed E-state index contributed by atoms with van der Waals surface area (Å²) < 4.78 is 13.0. The lowest BCUT2D eigenvalue weighted by atomic mass is 10.1. The van der Waals surface area contributed by atoms with Gasteiger partial charge in [-0.1, -0.05) is 25.5 Å². The summed E-state index contributed by atoms with van der Waals surface area (Å²) >= 11 is 1.66. The lowest BCUT2D eigenvalue weighted by Crippen LogP contribution is -1.89. The molecule has 1 aromatic heterocycles. The minimum absolute atomic E-state index is 0.178. The van der Waals surface area contributed by atoms with Crippen LogP contribution in [-0.2, 0) is 12.8 Å². The standard InChI is InChI=1S/C13H14FNS/c1-2-4-12-9-16-13(15-12)8-10-5-3-6-11(14)7-10/h3,5-7,9H,2,4,8H2,1H3. The first-order chi connectivity index (χ1) is 7.78. The molecule has 84 valence electrons. The molecule has 3 heteroatoms. The van der Waals surface area contributed by atoms with Gasteiger partial charge in [-0.05, 0) is 24.1 Å². The van der Waals surface area contributed by atoms with E-state index in [4.69, 9.17) is 0 Å². The van der Waals surface area contributed by atoms with Crippen LogP contribution in [0.4, 0.5) is 4.39 Å². The highest BCUT2D eigenvalue weighted by Crippen LogP contribution is 2.16. The zero-order valence-electron chi connectivity index (χ0n) is 9.24. The Bertz CT molecular complexity index is 464. The second-order valence-electron chi connectivity index (χ2n) is 3.79. The van der Waals surface area contributed by atoms with Gasteiger partial charge in [0.2, 0.25) is 0 Å². The minimum atomic E-state index is -0.178. The highest BCUT2D eigenvalue weighted by atomic mass is 32.1. The SMILES string of the molecule is CCCc1csc(Cc2cccc(F)c2)n1. The van der Waals surface area contributed by atoms with Gasteiger partial charge < -0.3 is 0 Å². The van der Waals surface area contributed by atoms with Gasteiger partial charge in [0.05, 0.1) is 10.7 Å². The molecule has 2 rings (SSSR count). The third kappa shape index (κ3) is 2.89. The molecule has 0 amide bonds. The molecule has 0 aliphatic carbocycles. The molecule has 0 saturated heterocycles. The van der Waals surface area contributed by atoms with Gasteiger partial charge in [0, 0.05) is 11.8 Å². The van der Waals surface area contributed by atoms with E-state index >= 15 is 0 Å². The third-order valence-electron chi connectivity index (χ3n) is 2.35. The number of aryl methyl sites for hydroxylation is 1. The van der Waals surface area contributed by atoms with Crippen molar-refractivity contribution in [2.45, 2.75) is 26.2 Å². The summed E-state index contributed by atoms with van der Waals surface area (Å²) in [6, 6.07) is 6.71. The second kappa shape index (κ2) is 5.21. The van der Waals surface area contributed by atoms with E-state index in [0.29, 0.717) is 0 Å². The third-order valence-corrected chi connectivity index (χ3v) is 3.25. The maximum atomic E-state index is 13.0. The molecule has 0 fully saturated rings. The van der Waals surface area contributed by atoms with Crippen molar-refractivity contribution in [3.05, 3.63) is 51.7 Å². The van der Waals surface area contributed by atoms with E-state index in [0.717, 1.165) is 35.5 Å². The van der Waals surface area contributed by atoms with E-state index in [-0.39, 0.29) is 5.82 Å². The normalized spacial score (nSPS) is 10.6. The lowest BCUT2D eigenvalue weighted by molar-refractivity contribution is 0.626.